The first-order valence-electron chi connectivity index (χ1n) is 7.65. The van der Waals surface area contributed by atoms with Gasteiger partial charge in [-0.15, -0.1) is 11.8 Å². The molecule has 144 valence electrons. The van der Waals surface area contributed by atoms with Crippen molar-refractivity contribution in [1.82, 2.24) is 0 Å². The van der Waals surface area contributed by atoms with E-state index >= 15 is 0 Å². The Balaban J connectivity index is 2.28. The number of carbonyl (C=O) groups is 2. The van der Waals surface area contributed by atoms with Crippen molar-refractivity contribution in [3.63, 3.8) is 0 Å². The summed E-state index contributed by atoms with van der Waals surface area (Å²) in [5.41, 5.74) is -0.143. The van der Waals surface area contributed by atoms with Crippen LogP contribution in [-0.2, 0) is 4.79 Å². The quantitative estimate of drug-likeness (QED) is 0.582. The molecule has 0 radical (unpaired) electrons. The van der Waals surface area contributed by atoms with Crippen molar-refractivity contribution in [1.29, 1.82) is 0 Å². The lowest BCUT2D eigenvalue weighted by atomic mass is 10.1. The molecule has 0 aromatic heterocycles. The number of anilines is 1. The monoisotopic (exact) mass is 455 g/mol. The van der Waals surface area contributed by atoms with Crippen molar-refractivity contribution in [3.8, 4) is 17.2 Å². The van der Waals surface area contributed by atoms with E-state index in [2.05, 4.69) is 21.2 Å². The second-order valence-corrected chi connectivity index (χ2v) is 7.13. The van der Waals surface area contributed by atoms with Crippen molar-refractivity contribution >= 4 is 45.3 Å². The number of carboxylic acid groups (broad SMARTS) is 1. The topological polar surface area (TPSA) is 94.1 Å². The number of halogens is 1. The van der Waals surface area contributed by atoms with Crippen molar-refractivity contribution in [2.24, 2.45) is 0 Å². The minimum Gasteiger partial charge on any atom is -0.493 e. The van der Waals surface area contributed by atoms with Crippen LogP contribution < -0.4 is 19.5 Å². The molecule has 0 saturated carbocycles. The Kier molecular flexibility index (Phi) is 7.37. The maximum absolute atomic E-state index is 12.4. The largest absolute Gasteiger partial charge is 0.493 e. The third-order valence-electron chi connectivity index (χ3n) is 3.51. The van der Waals surface area contributed by atoms with E-state index in [4.69, 9.17) is 14.2 Å². The molecule has 27 heavy (non-hydrogen) atoms. The lowest BCUT2D eigenvalue weighted by Gasteiger charge is -2.18. The maximum Gasteiger partial charge on any atom is 0.338 e. The molecule has 1 amide bonds. The summed E-state index contributed by atoms with van der Waals surface area (Å²) >= 11 is 4.68. The summed E-state index contributed by atoms with van der Waals surface area (Å²) in [6.07, 6.45) is 0. The maximum atomic E-state index is 12.4. The van der Waals surface area contributed by atoms with E-state index in [0.29, 0.717) is 0 Å². The average Bonchev–Trinajstić information content (AvgIpc) is 2.66. The summed E-state index contributed by atoms with van der Waals surface area (Å²) in [7, 11) is 4.14. The predicted octanol–water partition coefficient (Wildman–Crippen LogP) is 3.90. The highest BCUT2D eigenvalue weighted by atomic mass is 79.9. The van der Waals surface area contributed by atoms with E-state index in [0.717, 1.165) is 9.37 Å². The molecular formula is C18H18BrNO6S. The number of hydrogen-bond donors (Lipinski definition) is 2. The summed E-state index contributed by atoms with van der Waals surface area (Å²) in [5, 5.41) is 12.1. The Morgan fingerprint density at radius 1 is 1.07 bits per heavy atom. The molecule has 2 N–H and O–H groups in total. The fraction of sp³-hybridized carbons (Fsp3) is 0.222. The lowest BCUT2D eigenvalue weighted by molar-refractivity contribution is -0.113. The van der Waals surface area contributed by atoms with Crippen LogP contribution in [0.3, 0.4) is 0 Å². The van der Waals surface area contributed by atoms with Gasteiger partial charge in [-0.3, -0.25) is 4.79 Å². The van der Waals surface area contributed by atoms with E-state index in [1.54, 1.807) is 0 Å². The standard InChI is InChI=1S/C18H18BrNO6S/c1-24-13-8-12(18(22)23)15(17(26-3)16(13)25-2)20-14(21)9-27-11-6-4-10(19)5-7-11/h4-8H,9H2,1-3H3,(H,20,21)(H,22,23). The van der Waals surface area contributed by atoms with Gasteiger partial charge >= 0.3 is 5.97 Å². The first-order chi connectivity index (χ1) is 12.9. The number of hydrogen-bond acceptors (Lipinski definition) is 6. The molecule has 0 aliphatic rings. The molecule has 0 saturated heterocycles. The Labute approximate surface area is 169 Å². The SMILES string of the molecule is COc1cc(C(=O)O)c(NC(=O)CSc2ccc(Br)cc2)c(OC)c1OC. The molecule has 0 unspecified atom stereocenters. The molecule has 0 bridgehead atoms. The summed E-state index contributed by atoms with van der Waals surface area (Å²) in [4.78, 5) is 24.9. The Morgan fingerprint density at radius 2 is 1.70 bits per heavy atom. The van der Waals surface area contributed by atoms with Crippen LogP contribution >= 0.6 is 27.7 Å². The molecule has 0 spiro atoms. The molecular weight excluding hydrogens is 438 g/mol. The van der Waals surface area contributed by atoms with Gasteiger partial charge < -0.3 is 24.6 Å². The highest BCUT2D eigenvalue weighted by molar-refractivity contribution is 9.10. The summed E-state index contributed by atoms with van der Waals surface area (Å²) in [5.74, 6) is -1.05. The summed E-state index contributed by atoms with van der Waals surface area (Å²) < 4.78 is 16.6. The zero-order valence-corrected chi connectivity index (χ0v) is 17.3. The lowest BCUT2D eigenvalue weighted by Crippen LogP contribution is -2.18. The molecule has 0 aliphatic heterocycles. The van der Waals surface area contributed by atoms with Crippen LogP contribution in [0.2, 0.25) is 0 Å². The molecule has 0 heterocycles. The van der Waals surface area contributed by atoms with Crippen molar-refractivity contribution in [2.75, 3.05) is 32.4 Å². The van der Waals surface area contributed by atoms with Crippen LogP contribution in [0.5, 0.6) is 17.2 Å². The van der Waals surface area contributed by atoms with E-state index in [1.807, 2.05) is 24.3 Å². The van der Waals surface area contributed by atoms with Gasteiger partial charge in [0.25, 0.3) is 0 Å². The van der Waals surface area contributed by atoms with Crippen molar-refractivity contribution in [3.05, 3.63) is 40.4 Å². The van der Waals surface area contributed by atoms with Gasteiger partial charge in [0.1, 0.15) is 5.69 Å². The zero-order chi connectivity index (χ0) is 20.0. The molecule has 0 aliphatic carbocycles. The fourth-order valence-corrected chi connectivity index (χ4v) is 3.27. The van der Waals surface area contributed by atoms with Gasteiger partial charge in [0, 0.05) is 15.4 Å². The second kappa shape index (κ2) is 9.52. The van der Waals surface area contributed by atoms with Crippen LogP contribution in [0.1, 0.15) is 10.4 Å². The van der Waals surface area contributed by atoms with E-state index in [-0.39, 0.29) is 40.2 Å². The zero-order valence-electron chi connectivity index (χ0n) is 14.9. The minimum absolute atomic E-state index is 0.0176. The average molecular weight is 456 g/mol. The number of carboxylic acids is 1. The van der Waals surface area contributed by atoms with Gasteiger partial charge in [0.15, 0.2) is 11.5 Å². The number of benzene rings is 2. The number of rotatable bonds is 8. The summed E-state index contributed by atoms with van der Waals surface area (Å²) in [6, 6.07) is 8.78. The van der Waals surface area contributed by atoms with Crippen LogP contribution in [-0.4, -0.2) is 44.1 Å². The highest BCUT2D eigenvalue weighted by Gasteiger charge is 2.25. The molecule has 9 heteroatoms. The van der Waals surface area contributed by atoms with Crippen molar-refractivity contribution < 1.29 is 28.9 Å². The summed E-state index contributed by atoms with van der Waals surface area (Å²) in [6.45, 7) is 0. The van der Waals surface area contributed by atoms with Gasteiger partial charge in [-0.2, -0.15) is 0 Å². The number of thioether (sulfide) groups is 1. The first kappa shape index (κ1) is 20.9. The number of carbonyl (C=O) groups excluding carboxylic acids is 1. The number of amides is 1. The number of methoxy groups -OCH3 is 3. The third kappa shape index (κ3) is 5.08. The first-order valence-corrected chi connectivity index (χ1v) is 9.43. The number of aromatic carboxylic acids is 1. The molecule has 0 atom stereocenters. The molecule has 2 aromatic rings. The Hall–Kier alpha value is -2.39. The van der Waals surface area contributed by atoms with E-state index in [1.165, 1.54) is 39.2 Å². The van der Waals surface area contributed by atoms with Crippen LogP contribution in [0.4, 0.5) is 5.69 Å². The van der Waals surface area contributed by atoms with Gasteiger partial charge in [-0.1, -0.05) is 15.9 Å². The molecule has 7 nitrogen and oxygen atoms in total. The second-order valence-electron chi connectivity index (χ2n) is 5.16. The Morgan fingerprint density at radius 3 is 2.22 bits per heavy atom. The number of ether oxygens (including phenoxy) is 3. The molecule has 2 aromatic carbocycles. The Bertz CT molecular complexity index is 841. The van der Waals surface area contributed by atoms with Gasteiger partial charge in [0.2, 0.25) is 11.7 Å². The normalized spacial score (nSPS) is 10.2. The fourth-order valence-electron chi connectivity index (χ4n) is 2.30. The highest BCUT2D eigenvalue weighted by Crippen LogP contribution is 2.45. The van der Waals surface area contributed by atoms with E-state index in [9.17, 15) is 14.7 Å². The van der Waals surface area contributed by atoms with Gasteiger partial charge in [0.05, 0.1) is 32.6 Å². The van der Waals surface area contributed by atoms with Crippen LogP contribution in [0, 0.1) is 0 Å². The molecule has 0 fully saturated rings. The van der Waals surface area contributed by atoms with Gasteiger partial charge in [-0.05, 0) is 24.3 Å². The number of nitrogens with one attached hydrogen (secondary N) is 1. The predicted molar refractivity (Wildman–Crippen MR) is 107 cm³/mol. The smallest absolute Gasteiger partial charge is 0.338 e. The minimum atomic E-state index is -1.23. The molecule has 2 rings (SSSR count). The third-order valence-corrected chi connectivity index (χ3v) is 5.05. The van der Waals surface area contributed by atoms with Crippen LogP contribution in [0.15, 0.2) is 39.7 Å². The van der Waals surface area contributed by atoms with Gasteiger partial charge in [-0.25, -0.2) is 4.79 Å². The van der Waals surface area contributed by atoms with Crippen molar-refractivity contribution in [2.45, 2.75) is 4.90 Å². The van der Waals surface area contributed by atoms with E-state index < -0.39 is 5.97 Å². The van der Waals surface area contributed by atoms with Crippen LogP contribution in [0.25, 0.3) is 0 Å².